The fourth-order valence-corrected chi connectivity index (χ4v) is 6.07. The minimum Gasteiger partial charge on any atom is -0.0622 e. The van der Waals surface area contributed by atoms with Crippen molar-refractivity contribution in [3.8, 4) is 44.5 Å². The molecule has 196 valence electrons. The summed E-state index contributed by atoms with van der Waals surface area (Å²) in [5.74, 6) is 0. The van der Waals surface area contributed by atoms with Crippen LogP contribution in [0.2, 0.25) is 0 Å². The molecule has 0 unspecified atom stereocenters. The molecule has 0 heteroatoms. The van der Waals surface area contributed by atoms with Crippen LogP contribution in [0.5, 0.6) is 0 Å². The van der Waals surface area contributed by atoms with Crippen LogP contribution < -0.4 is 0 Å². The maximum absolute atomic E-state index is 9.35. The van der Waals surface area contributed by atoms with Gasteiger partial charge in [0.05, 0.1) is 11.0 Å². The van der Waals surface area contributed by atoms with Gasteiger partial charge in [-0.15, -0.1) is 0 Å². The van der Waals surface area contributed by atoms with Gasteiger partial charge in [0.25, 0.3) is 0 Å². The van der Waals surface area contributed by atoms with Gasteiger partial charge in [-0.1, -0.05) is 164 Å². The second kappa shape index (κ2) is 10.2. The zero-order valence-electron chi connectivity index (χ0n) is 30.5. The highest BCUT2D eigenvalue weighted by Crippen LogP contribution is 2.46. The second-order valence-electron chi connectivity index (χ2n) is 10.3. The van der Waals surface area contributed by atoms with E-state index in [9.17, 15) is 5.48 Å². The minimum absolute atomic E-state index is 0.199. The van der Waals surface area contributed by atoms with Crippen LogP contribution in [0, 0.1) is 0 Å². The molecule has 0 heterocycles. The van der Waals surface area contributed by atoms with Crippen molar-refractivity contribution in [2.24, 2.45) is 0 Å². The van der Waals surface area contributed by atoms with Crippen molar-refractivity contribution >= 4 is 32.3 Å². The molecule has 0 atom stereocenters. The van der Waals surface area contributed by atoms with Gasteiger partial charge in [0.15, 0.2) is 0 Å². The molecule has 0 bridgehead atoms. The molecule has 8 aromatic rings. The van der Waals surface area contributed by atoms with E-state index in [2.05, 4.69) is 0 Å². The van der Waals surface area contributed by atoms with Crippen molar-refractivity contribution < 1.29 is 11.0 Å². The Balaban J connectivity index is 1.62. The average molecular weight is 541 g/mol. The number of hydrogen-bond donors (Lipinski definition) is 0. The summed E-state index contributed by atoms with van der Waals surface area (Å²) in [6.45, 7) is 0. The van der Waals surface area contributed by atoms with Crippen LogP contribution in [0.25, 0.3) is 76.8 Å². The first-order valence-corrected chi connectivity index (χ1v) is 13.9. The maximum atomic E-state index is 9.35. The van der Waals surface area contributed by atoms with Gasteiger partial charge in [-0.05, 0) is 82.9 Å². The van der Waals surface area contributed by atoms with Crippen molar-refractivity contribution in [2.45, 2.75) is 0 Å². The van der Waals surface area contributed by atoms with Crippen LogP contribution in [-0.2, 0) is 0 Å². The van der Waals surface area contributed by atoms with Gasteiger partial charge in [-0.2, -0.15) is 0 Å². The normalized spacial score (nSPS) is 14.0. The molecule has 0 aliphatic rings. The molecular weight excluding hydrogens is 504 g/mol. The smallest absolute Gasteiger partial charge is 0.0622 e. The van der Waals surface area contributed by atoms with E-state index in [0.717, 1.165) is 33.0 Å². The lowest BCUT2D eigenvalue weighted by Crippen LogP contribution is -1.92. The fraction of sp³-hybridized carbons (Fsp3) is 0. The van der Waals surface area contributed by atoms with Crippen molar-refractivity contribution in [3.63, 3.8) is 0 Å². The quantitative estimate of drug-likeness (QED) is 0.195. The molecule has 0 amide bonds. The van der Waals surface area contributed by atoms with E-state index in [4.69, 9.17) is 5.48 Å². The van der Waals surface area contributed by atoms with Crippen LogP contribution in [0.1, 0.15) is 11.0 Å². The summed E-state index contributed by atoms with van der Waals surface area (Å²) in [5.41, 5.74) is 5.63. The lowest BCUT2D eigenvalue weighted by Gasteiger charge is -2.19. The van der Waals surface area contributed by atoms with Crippen LogP contribution in [0.15, 0.2) is 170 Å². The van der Waals surface area contributed by atoms with E-state index >= 15 is 0 Å². The summed E-state index contributed by atoms with van der Waals surface area (Å²) in [6, 6.07) is 36.1. The van der Waals surface area contributed by atoms with Crippen molar-refractivity contribution in [1.82, 2.24) is 0 Å². The molecule has 0 saturated carbocycles. The molecule has 0 aliphatic heterocycles. The summed E-state index contributed by atoms with van der Waals surface area (Å²) in [7, 11) is 0. The molecule has 0 spiro atoms. The van der Waals surface area contributed by atoms with Gasteiger partial charge in [-0.3, -0.25) is 0 Å². The van der Waals surface area contributed by atoms with E-state index in [1.165, 1.54) is 0 Å². The summed E-state index contributed by atoms with van der Waals surface area (Å²) >= 11 is 0. The Hall–Kier alpha value is -5.46. The van der Waals surface area contributed by atoms with Gasteiger partial charge in [0.2, 0.25) is 0 Å². The highest BCUT2D eigenvalue weighted by Gasteiger charge is 2.18. The Labute approximate surface area is 257 Å². The first kappa shape index (κ1) is 17.4. The summed E-state index contributed by atoms with van der Waals surface area (Å²) in [5, 5.41) is 2.49. The Morgan fingerprint density at radius 3 is 1.38 bits per heavy atom. The zero-order valence-corrected chi connectivity index (χ0v) is 22.5. The van der Waals surface area contributed by atoms with Gasteiger partial charge in [0.1, 0.15) is 0 Å². The SMILES string of the molecule is [2H]c1c([2H])c([2H])c2c(-c3cccc4c(-c5ccccc5)cccc34)c3c([2H])c([2H])c([2H])c([2H])c3c(-c3cccc(-c4ccccc4)c3)c2c1[2H]. The molecule has 0 N–H and O–H groups in total. The topological polar surface area (TPSA) is 0 Å². The largest absolute Gasteiger partial charge is 0.0629 e. The maximum Gasteiger partial charge on any atom is 0.0629 e. The molecule has 8 aromatic carbocycles. The zero-order chi connectivity index (χ0) is 34.8. The van der Waals surface area contributed by atoms with Crippen LogP contribution in [0.3, 0.4) is 0 Å². The molecule has 8 rings (SSSR count). The number of hydrogen-bond acceptors (Lipinski definition) is 0. The lowest BCUT2D eigenvalue weighted by atomic mass is 9.84. The molecule has 0 nitrogen and oxygen atoms in total. The molecular formula is C42H28. The Morgan fingerprint density at radius 1 is 0.310 bits per heavy atom. The van der Waals surface area contributed by atoms with Gasteiger partial charge < -0.3 is 0 Å². The third kappa shape index (κ3) is 4.00. The van der Waals surface area contributed by atoms with Crippen molar-refractivity contribution in [2.75, 3.05) is 0 Å². The van der Waals surface area contributed by atoms with E-state index in [0.29, 0.717) is 22.3 Å². The van der Waals surface area contributed by atoms with E-state index in [1.807, 2.05) is 121 Å². The highest BCUT2D eigenvalue weighted by molar-refractivity contribution is 6.24. The number of benzene rings is 8. The molecule has 0 fully saturated rings. The van der Waals surface area contributed by atoms with Crippen LogP contribution in [-0.4, -0.2) is 0 Å². The monoisotopic (exact) mass is 540 g/mol. The standard InChI is InChI=1S/C42H28/c1-3-14-29(15-4-1)31-18-11-19-32(28-31)41-37-20-7-9-22-39(37)42(40-23-10-8-21-38(40)41)36-27-13-25-34-33(24-12-26-35(34)36)30-16-5-2-6-17-30/h1-28H/i7D,8D,9D,10D,20D,21D,22D,23D. The second-order valence-corrected chi connectivity index (χ2v) is 10.3. The third-order valence-electron chi connectivity index (χ3n) is 7.91. The van der Waals surface area contributed by atoms with Crippen molar-refractivity contribution in [1.29, 1.82) is 0 Å². The minimum atomic E-state index is -0.418. The molecule has 0 aliphatic carbocycles. The molecule has 42 heavy (non-hydrogen) atoms. The number of fused-ring (bicyclic) bond motifs is 3. The summed E-state index contributed by atoms with van der Waals surface area (Å²) < 4.78 is 72.4. The molecule has 0 saturated heterocycles. The Bertz CT molecular complexity index is 2590. The molecule has 0 radical (unpaired) electrons. The van der Waals surface area contributed by atoms with E-state index < -0.39 is 24.2 Å². The molecule has 0 aromatic heterocycles. The first-order chi connectivity index (χ1) is 24.2. The van der Waals surface area contributed by atoms with Crippen LogP contribution in [0.4, 0.5) is 0 Å². The van der Waals surface area contributed by atoms with Gasteiger partial charge >= 0.3 is 0 Å². The predicted molar refractivity (Wildman–Crippen MR) is 181 cm³/mol. The summed E-state index contributed by atoms with van der Waals surface area (Å²) in [4.78, 5) is 0. The first-order valence-electron chi connectivity index (χ1n) is 17.9. The Kier molecular flexibility index (Phi) is 4.21. The summed E-state index contributed by atoms with van der Waals surface area (Å²) in [6.07, 6.45) is 0. The van der Waals surface area contributed by atoms with E-state index in [-0.39, 0.29) is 45.7 Å². The van der Waals surface area contributed by atoms with Crippen molar-refractivity contribution in [3.05, 3.63) is 170 Å². The van der Waals surface area contributed by atoms with Gasteiger partial charge in [-0.25, -0.2) is 0 Å². The number of rotatable bonds is 4. The van der Waals surface area contributed by atoms with E-state index in [1.54, 1.807) is 0 Å². The van der Waals surface area contributed by atoms with Crippen LogP contribution >= 0.6 is 0 Å². The predicted octanol–water partition coefficient (Wildman–Crippen LogP) is 11.8. The Morgan fingerprint density at radius 2 is 0.762 bits per heavy atom. The average Bonchev–Trinajstić information content (AvgIpc) is 3.16. The highest BCUT2D eigenvalue weighted by atomic mass is 14.2. The fourth-order valence-electron chi connectivity index (χ4n) is 6.07. The lowest BCUT2D eigenvalue weighted by molar-refractivity contribution is 1.61. The van der Waals surface area contributed by atoms with Gasteiger partial charge in [0, 0.05) is 0 Å². The third-order valence-corrected chi connectivity index (χ3v) is 7.91.